The summed E-state index contributed by atoms with van der Waals surface area (Å²) >= 11 is 7.46. The Kier molecular flexibility index (Phi) is 6.94. The van der Waals surface area contributed by atoms with Crippen LogP contribution in [0.4, 0.5) is 9.93 Å². The zero-order valence-electron chi connectivity index (χ0n) is 15.2. The van der Waals surface area contributed by atoms with Crippen LogP contribution >= 0.6 is 22.9 Å². The predicted molar refractivity (Wildman–Crippen MR) is 106 cm³/mol. The van der Waals surface area contributed by atoms with E-state index in [1.54, 1.807) is 18.4 Å². The third kappa shape index (κ3) is 5.49. The van der Waals surface area contributed by atoms with Crippen molar-refractivity contribution in [3.05, 3.63) is 33.8 Å². The first-order valence-electron chi connectivity index (χ1n) is 8.78. The van der Waals surface area contributed by atoms with Gasteiger partial charge in [-0.25, -0.2) is 9.78 Å². The van der Waals surface area contributed by atoms with Crippen LogP contribution in [-0.4, -0.2) is 43.3 Å². The molecule has 0 aliphatic carbocycles. The van der Waals surface area contributed by atoms with E-state index in [1.165, 1.54) is 11.3 Å². The molecular weight excluding hydrogens is 406 g/mol. The van der Waals surface area contributed by atoms with Crippen molar-refractivity contribution in [2.24, 2.45) is 0 Å². The summed E-state index contributed by atoms with van der Waals surface area (Å²) < 4.78 is 15.9. The molecule has 1 aliphatic heterocycles. The summed E-state index contributed by atoms with van der Waals surface area (Å²) in [6.07, 6.45) is 0.661. The van der Waals surface area contributed by atoms with Crippen molar-refractivity contribution in [3.8, 4) is 11.5 Å². The Morgan fingerprint density at radius 3 is 2.96 bits per heavy atom. The first-order valence-corrected chi connectivity index (χ1v) is 10.0. The number of esters is 1. The Labute approximate surface area is 171 Å². The van der Waals surface area contributed by atoms with E-state index in [4.69, 9.17) is 25.8 Å². The van der Waals surface area contributed by atoms with Crippen LogP contribution in [0.25, 0.3) is 0 Å². The number of rotatable bonds is 7. The van der Waals surface area contributed by atoms with Gasteiger partial charge in [-0.3, -0.25) is 10.1 Å². The van der Waals surface area contributed by atoms with Gasteiger partial charge in [0.05, 0.1) is 23.7 Å². The maximum Gasteiger partial charge on any atom is 0.321 e. The third-order valence-electron chi connectivity index (χ3n) is 3.76. The molecule has 0 spiro atoms. The van der Waals surface area contributed by atoms with Crippen molar-refractivity contribution in [2.45, 2.75) is 19.8 Å². The molecule has 0 saturated heterocycles. The maximum atomic E-state index is 12.0. The number of amides is 2. The topological polar surface area (TPSA) is 98.8 Å². The highest BCUT2D eigenvalue weighted by atomic mass is 35.5. The van der Waals surface area contributed by atoms with Gasteiger partial charge in [-0.1, -0.05) is 11.6 Å². The average molecular weight is 426 g/mol. The highest BCUT2D eigenvalue weighted by Gasteiger charge is 2.16. The van der Waals surface area contributed by atoms with Crippen LogP contribution in [0.5, 0.6) is 11.5 Å². The van der Waals surface area contributed by atoms with Gasteiger partial charge in [0.2, 0.25) is 0 Å². The molecule has 0 unspecified atom stereocenters. The lowest BCUT2D eigenvalue weighted by Crippen LogP contribution is -2.30. The lowest BCUT2D eigenvalue weighted by Gasteiger charge is -2.20. The zero-order chi connectivity index (χ0) is 19.9. The molecule has 0 radical (unpaired) electrons. The number of hydrogen-bond donors (Lipinski definition) is 2. The number of anilines is 1. The molecule has 1 aromatic heterocycles. The van der Waals surface area contributed by atoms with Gasteiger partial charge in [-0.2, -0.15) is 0 Å². The van der Waals surface area contributed by atoms with Gasteiger partial charge in [-0.15, -0.1) is 11.3 Å². The summed E-state index contributed by atoms with van der Waals surface area (Å²) in [6, 6.07) is 3.29. The van der Waals surface area contributed by atoms with E-state index in [-0.39, 0.29) is 18.4 Å². The van der Waals surface area contributed by atoms with Crippen molar-refractivity contribution in [2.75, 3.05) is 31.7 Å². The van der Waals surface area contributed by atoms with Gasteiger partial charge >= 0.3 is 12.0 Å². The fraction of sp³-hybridized carbons (Fsp3) is 0.389. The minimum Gasteiger partial charge on any atom is -0.486 e. The largest absolute Gasteiger partial charge is 0.486 e. The number of benzene rings is 1. The number of nitrogens with one attached hydrogen (secondary N) is 2. The smallest absolute Gasteiger partial charge is 0.321 e. The summed E-state index contributed by atoms with van der Waals surface area (Å²) in [4.78, 5) is 27.7. The molecule has 0 atom stereocenters. The second kappa shape index (κ2) is 9.61. The second-order valence-electron chi connectivity index (χ2n) is 5.86. The quantitative estimate of drug-likeness (QED) is 0.661. The van der Waals surface area contributed by atoms with Crippen LogP contribution in [0, 0.1) is 0 Å². The summed E-state index contributed by atoms with van der Waals surface area (Å²) in [7, 11) is 0. The van der Waals surface area contributed by atoms with Gasteiger partial charge in [0.1, 0.15) is 13.2 Å². The summed E-state index contributed by atoms with van der Waals surface area (Å²) in [5, 5.41) is 8.03. The first-order chi connectivity index (χ1) is 13.5. The molecule has 8 nitrogen and oxygen atoms in total. The molecule has 0 fully saturated rings. The van der Waals surface area contributed by atoms with Crippen LogP contribution in [-0.2, 0) is 22.4 Å². The average Bonchev–Trinajstić information content (AvgIpc) is 3.08. The SMILES string of the molecule is CCOC(=O)Cc1csc(NC(=O)NCCc2cc(Cl)c3c(c2)OCCO3)n1. The summed E-state index contributed by atoms with van der Waals surface area (Å²) in [6.45, 7) is 3.44. The van der Waals surface area contributed by atoms with Gasteiger partial charge in [0, 0.05) is 11.9 Å². The van der Waals surface area contributed by atoms with Gasteiger partial charge in [0.15, 0.2) is 16.6 Å². The summed E-state index contributed by atoms with van der Waals surface area (Å²) in [5.74, 6) is 0.835. The van der Waals surface area contributed by atoms with E-state index in [0.717, 1.165) is 5.56 Å². The summed E-state index contributed by atoms with van der Waals surface area (Å²) in [5.41, 5.74) is 1.49. The Morgan fingerprint density at radius 2 is 2.14 bits per heavy atom. The highest BCUT2D eigenvalue weighted by Crippen LogP contribution is 2.38. The van der Waals surface area contributed by atoms with Crippen molar-refractivity contribution in [1.29, 1.82) is 0 Å². The Balaban J connectivity index is 1.45. The zero-order valence-corrected chi connectivity index (χ0v) is 16.8. The fourth-order valence-corrected chi connectivity index (χ4v) is 3.57. The van der Waals surface area contributed by atoms with E-state index in [9.17, 15) is 9.59 Å². The number of nitrogens with zero attached hydrogens (tertiary/aromatic N) is 1. The van der Waals surface area contributed by atoms with Gasteiger partial charge < -0.3 is 19.5 Å². The predicted octanol–water partition coefficient (Wildman–Crippen LogP) is 3.04. The second-order valence-corrected chi connectivity index (χ2v) is 7.12. The molecule has 10 heteroatoms. The van der Waals surface area contributed by atoms with Crippen LogP contribution in [0.1, 0.15) is 18.2 Å². The first kappa shape index (κ1) is 20.2. The number of aromatic nitrogens is 1. The molecule has 1 aromatic carbocycles. The molecule has 1 aliphatic rings. The number of hydrogen-bond acceptors (Lipinski definition) is 7. The van der Waals surface area contributed by atoms with E-state index in [1.807, 2.05) is 6.07 Å². The van der Waals surface area contributed by atoms with E-state index in [2.05, 4.69) is 15.6 Å². The Hall–Kier alpha value is -2.52. The molecule has 0 saturated carbocycles. The fourth-order valence-electron chi connectivity index (χ4n) is 2.58. The number of ether oxygens (including phenoxy) is 3. The van der Waals surface area contributed by atoms with Crippen molar-refractivity contribution in [3.63, 3.8) is 0 Å². The Bertz CT molecular complexity index is 858. The number of carbonyl (C=O) groups excluding carboxylic acids is 2. The van der Waals surface area contributed by atoms with Gasteiger partial charge in [-0.05, 0) is 31.0 Å². The lowest BCUT2D eigenvalue weighted by molar-refractivity contribution is -0.142. The van der Waals surface area contributed by atoms with E-state index in [0.29, 0.717) is 60.1 Å². The van der Waals surface area contributed by atoms with E-state index >= 15 is 0 Å². The number of urea groups is 1. The molecule has 0 bridgehead atoms. The van der Waals surface area contributed by atoms with Crippen LogP contribution in [0.3, 0.4) is 0 Å². The molecule has 2 heterocycles. The molecule has 150 valence electrons. The number of halogens is 1. The molecule has 2 aromatic rings. The number of fused-ring (bicyclic) bond motifs is 1. The molecular formula is C18H20ClN3O5S. The molecule has 2 N–H and O–H groups in total. The van der Waals surface area contributed by atoms with Crippen LogP contribution in [0.15, 0.2) is 17.5 Å². The van der Waals surface area contributed by atoms with Crippen LogP contribution < -0.4 is 20.1 Å². The lowest BCUT2D eigenvalue weighted by atomic mass is 10.1. The monoisotopic (exact) mass is 425 g/mol. The van der Waals surface area contributed by atoms with Crippen molar-refractivity contribution in [1.82, 2.24) is 10.3 Å². The minimum absolute atomic E-state index is 0.0819. The van der Waals surface area contributed by atoms with Gasteiger partial charge in [0.25, 0.3) is 0 Å². The van der Waals surface area contributed by atoms with Crippen molar-refractivity contribution < 1.29 is 23.8 Å². The normalized spacial score (nSPS) is 12.4. The number of thiazole rings is 1. The number of carbonyl (C=O) groups is 2. The maximum absolute atomic E-state index is 12.0. The highest BCUT2D eigenvalue weighted by molar-refractivity contribution is 7.13. The molecule has 28 heavy (non-hydrogen) atoms. The molecule has 3 rings (SSSR count). The molecule has 2 amide bonds. The van der Waals surface area contributed by atoms with Crippen LogP contribution in [0.2, 0.25) is 5.02 Å². The third-order valence-corrected chi connectivity index (χ3v) is 4.85. The van der Waals surface area contributed by atoms with E-state index < -0.39 is 0 Å². The van der Waals surface area contributed by atoms with Crippen molar-refractivity contribution >= 4 is 40.1 Å². The standard InChI is InChI=1S/C18H20ClN3O5S/c1-2-25-15(23)9-12-10-28-18(21-12)22-17(24)20-4-3-11-7-13(19)16-14(8-11)26-5-6-27-16/h7-8,10H,2-6,9H2,1H3,(H2,20,21,22,24). The Morgan fingerprint density at radius 1 is 1.32 bits per heavy atom. The minimum atomic E-state index is -0.374.